The minimum Gasteiger partial charge on any atom is -0.398 e. The van der Waals surface area contributed by atoms with Crippen LogP contribution >= 0.6 is 0 Å². The van der Waals surface area contributed by atoms with Gasteiger partial charge in [-0.2, -0.15) is 0 Å². The first kappa shape index (κ1) is 13.4. The summed E-state index contributed by atoms with van der Waals surface area (Å²) in [4.78, 5) is 8.35. The Labute approximate surface area is 120 Å². The topological polar surface area (TPSA) is 51.8 Å². The van der Waals surface area contributed by atoms with Gasteiger partial charge in [-0.1, -0.05) is 6.92 Å². The minimum atomic E-state index is -0.451. The quantitative estimate of drug-likeness (QED) is 0.780. The minimum absolute atomic E-state index is 0.386. The van der Waals surface area contributed by atoms with E-state index in [2.05, 4.69) is 9.97 Å². The van der Waals surface area contributed by atoms with E-state index >= 15 is 0 Å². The molecule has 0 unspecified atom stereocenters. The first-order valence-electron chi connectivity index (χ1n) is 6.58. The van der Waals surface area contributed by atoms with E-state index < -0.39 is 5.82 Å². The predicted octanol–water partition coefficient (Wildman–Crippen LogP) is 3.72. The van der Waals surface area contributed by atoms with E-state index in [0.29, 0.717) is 34.1 Å². The number of aromatic nitrogens is 2. The maximum atomic E-state index is 13.4. The van der Waals surface area contributed by atoms with E-state index in [-0.39, 0.29) is 5.82 Å². The molecule has 0 saturated heterocycles. The van der Waals surface area contributed by atoms with Gasteiger partial charge in [0, 0.05) is 22.7 Å². The Morgan fingerprint density at radius 1 is 1.10 bits per heavy atom. The Bertz CT molecular complexity index is 831. The monoisotopic (exact) mass is 285 g/mol. The molecule has 0 atom stereocenters. The summed E-state index contributed by atoms with van der Waals surface area (Å²) in [5.74, 6) is -0.836. The molecule has 0 aliphatic rings. The van der Waals surface area contributed by atoms with Crippen LogP contribution in [0.15, 0.2) is 36.7 Å². The zero-order valence-electron chi connectivity index (χ0n) is 11.4. The zero-order chi connectivity index (χ0) is 15.0. The fraction of sp³-hybridized carbons (Fsp3) is 0.125. The molecule has 0 aliphatic carbocycles. The van der Waals surface area contributed by atoms with Crippen LogP contribution in [-0.4, -0.2) is 9.97 Å². The Morgan fingerprint density at radius 2 is 1.90 bits per heavy atom. The lowest BCUT2D eigenvalue weighted by molar-refractivity contribution is 0.622. The van der Waals surface area contributed by atoms with E-state index in [9.17, 15) is 8.78 Å². The van der Waals surface area contributed by atoms with E-state index in [1.807, 2.05) is 6.92 Å². The smallest absolute Gasteiger partial charge is 0.142 e. The third-order valence-corrected chi connectivity index (χ3v) is 3.39. The lowest BCUT2D eigenvalue weighted by Gasteiger charge is -2.13. The van der Waals surface area contributed by atoms with Crippen molar-refractivity contribution in [3.63, 3.8) is 0 Å². The van der Waals surface area contributed by atoms with Gasteiger partial charge < -0.3 is 5.73 Å². The lowest BCUT2D eigenvalue weighted by atomic mass is 9.99. The number of fused-ring (bicyclic) bond motifs is 1. The highest BCUT2D eigenvalue weighted by Crippen LogP contribution is 2.34. The van der Waals surface area contributed by atoms with E-state index in [1.54, 1.807) is 6.07 Å². The van der Waals surface area contributed by atoms with E-state index in [0.717, 1.165) is 11.9 Å². The highest BCUT2D eigenvalue weighted by Gasteiger charge is 2.15. The first-order valence-corrected chi connectivity index (χ1v) is 6.58. The average molecular weight is 285 g/mol. The van der Waals surface area contributed by atoms with Gasteiger partial charge in [0.05, 0.1) is 23.1 Å². The summed E-state index contributed by atoms with van der Waals surface area (Å²) < 4.78 is 26.9. The molecule has 3 aromatic rings. The summed E-state index contributed by atoms with van der Waals surface area (Å²) in [5, 5.41) is 0.520. The van der Waals surface area contributed by atoms with Crippen molar-refractivity contribution < 1.29 is 8.78 Å². The third kappa shape index (κ3) is 2.31. The van der Waals surface area contributed by atoms with Gasteiger partial charge >= 0.3 is 0 Å². The number of aryl methyl sites for hydroxylation is 1. The molecule has 3 nitrogen and oxygen atoms in total. The van der Waals surface area contributed by atoms with Gasteiger partial charge in [0.25, 0.3) is 0 Å². The molecular formula is C16H13F2N3. The molecule has 21 heavy (non-hydrogen) atoms. The first-order chi connectivity index (χ1) is 10.1. The van der Waals surface area contributed by atoms with Gasteiger partial charge in [0.1, 0.15) is 11.6 Å². The molecule has 5 heteroatoms. The molecule has 3 rings (SSSR count). The Morgan fingerprint density at radius 3 is 2.62 bits per heavy atom. The molecule has 0 bridgehead atoms. The van der Waals surface area contributed by atoms with E-state index in [1.165, 1.54) is 24.4 Å². The van der Waals surface area contributed by atoms with Gasteiger partial charge in [-0.3, -0.25) is 9.97 Å². The number of nitrogens with zero attached hydrogens (tertiary/aromatic N) is 2. The van der Waals surface area contributed by atoms with Crippen LogP contribution in [0, 0.1) is 11.6 Å². The van der Waals surface area contributed by atoms with Crippen molar-refractivity contribution in [2.24, 2.45) is 0 Å². The maximum Gasteiger partial charge on any atom is 0.142 e. The number of nitrogen functional groups attached to an aromatic ring is 1. The van der Waals surface area contributed by atoms with Crippen LogP contribution in [-0.2, 0) is 6.42 Å². The maximum absolute atomic E-state index is 13.4. The SMILES string of the molecule is CCc1nc2ccc(F)cc2c(N)c1-c1cncc(F)c1. The van der Waals surface area contributed by atoms with Gasteiger partial charge in [-0.15, -0.1) is 0 Å². The molecule has 2 heterocycles. The fourth-order valence-electron chi connectivity index (χ4n) is 2.44. The summed E-state index contributed by atoms with van der Waals surface area (Å²) >= 11 is 0. The Balaban J connectivity index is 2.37. The summed E-state index contributed by atoms with van der Waals surface area (Å²) in [5.41, 5.74) is 9.10. The van der Waals surface area contributed by atoms with Gasteiger partial charge in [-0.25, -0.2) is 8.78 Å². The average Bonchev–Trinajstić information content (AvgIpc) is 2.47. The molecule has 0 amide bonds. The van der Waals surface area contributed by atoms with Crippen molar-refractivity contribution in [2.75, 3.05) is 5.73 Å². The van der Waals surface area contributed by atoms with Crippen LogP contribution < -0.4 is 5.73 Å². The molecule has 106 valence electrons. The van der Waals surface area contributed by atoms with Crippen molar-refractivity contribution >= 4 is 16.6 Å². The van der Waals surface area contributed by atoms with Crippen LogP contribution in [0.1, 0.15) is 12.6 Å². The normalized spacial score (nSPS) is 11.0. The summed E-state index contributed by atoms with van der Waals surface area (Å²) in [6.07, 6.45) is 3.28. The summed E-state index contributed by atoms with van der Waals surface area (Å²) in [7, 11) is 0. The van der Waals surface area contributed by atoms with Crippen LogP contribution in [0.3, 0.4) is 0 Å². The van der Waals surface area contributed by atoms with Crippen molar-refractivity contribution in [3.8, 4) is 11.1 Å². The Kier molecular flexibility index (Phi) is 3.25. The molecule has 1 aromatic carbocycles. The molecule has 0 fully saturated rings. The number of rotatable bonds is 2. The molecule has 0 aliphatic heterocycles. The second-order valence-electron chi connectivity index (χ2n) is 4.75. The van der Waals surface area contributed by atoms with Crippen molar-refractivity contribution in [2.45, 2.75) is 13.3 Å². The summed E-state index contributed by atoms with van der Waals surface area (Å²) in [6.45, 7) is 1.94. The van der Waals surface area contributed by atoms with Gasteiger partial charge in [0.2, 0.25) is 0 Å². The highest BCUT2D eigenvalue weighted by molar-refractivity contribution is 5.99. The number of anilines is 1. The van der Waals surface area contributed by atoms with Crippen molar-refractivity contribution in [3.05, 3.63) is 54.0 Å². The predicted molar refractivity (Wildman–Crippen MR) is 78.7 cm³/mol. The van der Waals surface area contributed by atoms with Crippen LogP contribution in [0.2, 0.25) is 0 Å². The zero-order valence-corrected chi connectivity index (χ0v) is 11.4. The second-order valence-corrected chi connectivity index (χ2v) is 4.75. The standard InChI is InChI=1S/C16H13F2N3/c1-2-13-15(9-5-11(18)8-20-7-9)16(19)12-6-10(17)3-4-14(12)21-13/h3-8H,2H2,1H3,(H2,19,21). The number of hydrogen-bond donors (Lipinski definition) is 1. The molecule has 0 spiro atoms. The summed E-state index contributed by atoms with van der Waals surface area (Å²) in [6, 6.07) is 5.63. The number of halogens is 2. The molecule has 2 aromatic heterocycles. The largest absolute Gasteiger partial charge is 0.398 e. The van der Waals surface area contributed by atoms with Crippen LogP contribution in [0.4, 0.5) is 14.5 Å². The van der Waals surface area contributed by atoms with Gasteiger partial charge in [-0.05, 0) is 30.7 Å². The van der Waals surface area contributed by atoms with Gasteiger partial charge in [0.15, 0.2) is 0 Å². The highest BCUT2D eigenvalue weighted by atomic mass is 19.1. The fourth-order valence-corrected chi connectivity index (χ4v) is 2.44. The third-order valence-electron chi connectivity index (χ3n) is 3.39. The second kappa shape index (κ2) is 5.09. The number of pyridine rings is 2. The molecular weight excluding hydrogens is 272 g/mol. The lowest BCUT2D eigenvalue weighted by Crippen LogP contribution is -2.01. The molecule has 2 N–H and O–H groups in total. The van der Waals surface area contributed by atoms with Crippen LogP contribution in [0.5, 0.6) is 0 Å². The number of benzene rings is 1. The Hall–Kier alpha value is -2.56. The molecule has 0 radical (unpaired) electrons. The van der Waals surface area contributed by atoms with Crippen LogP contribution in [0.25, 0.3) is 22.0 Å². The van der Waals surface area contributed by atoms with E-state index in [4.69, 9.17) is 5.73 Å². The van der Waals surface area contributed by atoms with Crippen molar-refractivity contribution in [1.82, 2.24) is 9.97 Å². The van der Waals surface area contributed by atoms with Crippen molar-refractivity contribution in [1.29, 1.82) is 0 Å². The molecule has 0 saturated carbocycles. The number of nitrogens with two attached hydrogens (primary N) is 1. The number of hydrogen-bond acceptors (Lipinski definition) is 3.